The molecule has 0 fully saturated rings. The van der Waals surface area contributed by atoms with E-state index in [1.165, 1.54) is 20.8 Å². The Bertz CT molecular complexity index is 596. The molecule has 8 heteroatoms. The largest absolute Gasteiger partial charge is 0.475 e. The highest BCUT2D eigenvalue weighted by Crippen LogP contribution is 2.24. The van der Waals surface area contributed by atoms with E-state index in [1.54, 1.807) is 6.92 Å². The normalized spacial score (nSPS) is 12.9. The number of carbonyl (C=O) groups is 1. The van der Waals surface area contributed by atoms with Crippen LogP contribution in [0.2, 0.25) is 0 Å². The van der Waals surface area contributed by atoms with Gasteiger partial charge < -0.3 is 14.6 Å². The molecule has 0 aliphatic heterocycles. The average Bonchev–Trinajstić information content (AvgIpc) is 2.67. The predicted octanol–water partition coefficient (Wildman–Crippen LogP) is 1.07. The molecule has 7 nitrogen and oxygen atoms in total. The molecule has 0 radical (unpaired) electrons. The van der Waals surface area contributed by atoms with Gasteiger partial charge in [0.2, 0.25) is 15.8 Å². The van der Waals surface area contributed by atoms with Crippen molar-refractivity contribution in [1.29, 1.82) is 0 Å². The Morgan fingerprint density at radius 1 is 1.45 bits per heavy atom. The molecular formula is C12H19NO6S. The van der Waals surface area contributed by atoms with Gasteiger partial charge in [-0.05, 0) is 20.8 Å². The van der Waals surface area contributed by atoms with E-state index in [0.717, 1.165) is 10.4 Å². The van der Waals surface area contributed by atoms with Gasteiger partial charge >= 0.3 is 5.97 Å². The second-order valence-electron chi connectivity index (χ2n) is 5.08. The highest BCUT2D eigenvalue weighted by Gasteiger charge is 2.32. The third-order valence-electron chi connectivity index (χ3n) is 2.62. The van der Waals surface area contributed by atoms with Crippen LogP contribution in [0.15, 0.2) is 15.4 Å². The quantitative estimate of drug-likeness (QED) is 0.814. The minimum Gasteiger partial charge on any atom is -0.475 e. The summed E-state index contributed by atoms with van der Waals surface area (Å²) >= 11 is 0. The van der Waals surface area contributed by atoms with Crippen molar-refractivity contribution in [2.24, 2.45) is 0 Å². The summed E-state index contributed by atoms with van der Waals surface area (Å²) in [7, 11) is -3.91. The zero-order valence-electron chi connectivity index (χ0n) is 11.9. The summed E-state index contributed by atoms with van der Waals surface area (Å²) in [5, 5.41) is 18.6. The number of aliphatic hydroxyl groups is 1. The number of likely N-dealkylation sites (N-methyl/N-ethyl adjacent to an activating group) is 1. The zero-order chi connectivity index (χ0) is 15.7. The van der Waals surface area contributed by atoms with Gasteiger partial charge in [-0.2, -0.15) is 4.31 Å². The van der Waals surface area contributed by atoms with Gasteiger partial charge in [0.05, 0.1) is 5.60 Å². The second kappa shape index (κ2) is 5.55. The van der Waals surface area contributed by atoms with Crippen LogP contribution in [-0.4, -0.2) is 47.6 Å². The minimum atomic E-state index is -3.91. The molecule has 1 aromatic heterocycles. The zero-order valence-corrected chi connectivity index (χ0v) is 12.7. The summed E-state index contributed by atoms with van der Waals surface area (Å²) in [6, 6.07) is 0.986. The fourth-order valence-corrected chi connectivity index (χ4v) is 3.53. The van der Waals surface area contributed by atoms with Gasteiger partial charge in [0.1, 0.15) is 10.7 Å². The van der Waals surface area contributed by atoms with Gasteiger partial charge in [0.25, 0.3) is 0 Å². The fourth-order valence-electron chi connectivity index (χ4n) is 1.76. The van der Waals surface area contributed by atoms with Crippen molar-refractivity contribution >= 4 is 16.0 Å². The summed E-state index contributed by atoms with van der Waals surface area (Å²) in [4.78, 5) is 10.6. The second-order valence-corrected chi connectivity index (χ2v) is 6.99. The van der Waals surface area contributed by atoms with Crippen molar-refractivity contribution in [3.8, 4) is 0 Å². The Morgan fingerprint density at radius 3 is 2.35 bits per heavy atom. The fraction of sp³-hybridized carbons (Fsp3) is 0.583. The number of aromatic carboxylic acids is 1. The maximum absolute atomic E-state index is 12.5. The number of sulfonamides is 1. The van der Waals surface area contributed by atoms with Crippen LogP contribution >= 0.6 is 0 Å². The number of furan rings is 1. The first-order valence-electron chi connectivity index (χ1n) is 6.05. The molecule has 0 atom stereocenters. The smallest absolute Gasteiger partial charge is 0.371 e. The monoisotopic (exact) mass is 305 g/mol. The van der Waals surface area contributed by atoms with Gasteiger partial charge in [-0.15, -0.1) is 0 Å². The number of nitrogens with zero attached hydrogens (tertiary/aromatic N) is 1. The van der Waals surface area contributed by atoms with Crippen LogP contribution in [0.3, 0.4) is 0 Å². The van der Waals surface area contributed by atoms with Crippen molar-refractivity contribution in [3.05, 3.63) is 17.6 Å². The molecule has 0 aromatic carbocycles. The first-order chi connectivity index (χ1) is 8.99. The number of hydrogen-bond acceptors (Lipinski definition) is 5. The van der Waals surface area contributed by atoms with Gasteiger partial charge in [0, 0.05) is 19.2 Å². The van der Waals surface area contributed by atoms with Gasteiger partial charge in [-0.1, -0.05) is 6.92 Å². The van der Waals surface area contributed by atoms with Crippen molar-refractivity contribution in [3.63, 3.8) is 0 Å². The molecular weight excluding hydrogens is 286 g/mol. The van der Waals surface area contributed by atoms with E-state index in [1.807, 2.05) is 0 Å². The third-order valence-corrected chi connectivity index (χ3v) is 4.65. The maximum Gasteiger partial charge on any atom is 0.371 e. The van der Waals surface area contributed by atoms with Crippen LogP contribution in [0.1, 0.15) is 37.1 Å². The Balaban J connectivity index is 3.24. The molecule has 0 aliphatic carbocycles. The van der Waals surface area contributed by atoms with Gasteiger partial charge in [-0.25, -0.2) is 13.2 Å². The van der Waals surface area contributed by atoms with Crippen molar-refractivity contribution in [2.45, 2.75) is 38.2 Å². The molecule has 0 aliphatic rings. The highest BCUT2D eigenvalue weighted by atomic mass is 32.2. The van der Waals surface area contributed by atoms with Crippen LogP contribution in [0.5, 0.6) is 0 Å². The van der Waals surface area contributed by atoms with Gasteiger partial charge in [-0.3, -0.25) is 0 Å². The maximum atomic E-state index is 12.5. The van der Waals surface area contributed by atoms with Crippen LogP contribution in [0.4, 0.5) is 0 Å². The summed E-state index contributed by atoms with van der Waals surface area (Å²) in [6.45, 7) is 6.07. The van der Waals surface area contributed by atoms with E-state index in [-0.39, 0.29) is 23.7 Å². The summed E-state index contributed by atoms with van der Waals surface area (Å²) in [5.41, 5.74) is -1.20. The number of hydrogen-bond donors (Lipinski definition) is 2. The Labute approximate surface area is 117 Å². The molecule has 1 rings (SSSR count). The van der Waals surface area contributed by atoms with E-state index in [2.05, 4.69) is 0 Å². The lowest BCUT2D eigenvalue weighted by Crippen LogP contribution is -2.42. The number of carboxylic acid groups (broad SMARTS) is 1. The lowest BCUT2D eigenvalue weighted by molar-refractivity contribution is 0.0600. The summed E-state index contributed by atoms with van der Waals surface area (Å²) in [6.07, 6.45) is 0. The first-order valence-corrected chi connectivity index (χ1v) is 7.49. The molecule has 0 bridgehead atoms. The summed E-state index contributed by atoms with van der Waals surface area (Å²) in [5.74, 6) is -1.75. The Hall–Kier alpha value is -1.38. The van der Waals surface area contributed by atoms with Crippen LogP contribution < -0.4 is 0 Å². The van der Waals surface area contributed by atoms with Crippen LogP contribution in [0, 0.1) is 6.92 Å². The minimum absolute atomic E-state index is 0.0107. The number of carboxylic acids is 1. The summed E-state index contributed by atoms with van der Waals surface area (Å²) < 4.78 is 30.9. The standard InChI is InChI=1S/C12H19NO6S/c1-5-13(7-12(3,4)16)20(17,18)10-6-9(11(14)15)19-8(10)2/h6,16H,5,7H2,1-4H3,(H,14,15). The van der Waals surface area contributed by atoms with Crippen LogP contribution in [-0.2, 0) is 10.0 Å². The molecule has 0 spiro atoms. The molecule has 114 valence electrons. The average molecular weight is 305 g/mol. The molecule has 1 heterocycles. The molecule has 0 saturated carbocycles. The SMILES string of the molecule is CCN(CC(C)(C)O)S(=O)(=O)c1cc(C(=O)O)oc1C. The third kappa shape index (κ3) is 3.59. The van der Waals surface area contributed by atoms with E-state index in [4.69, 9.17) is 9.52 Å². The molecule has 0 amide bonds. The molecule has 0 unspecified atom stereocenters. The van der Waals surface area contributed by atoms with E-state index >= 15 is 0 Å². The Morgan fingerprint density at radius 2 is 2.00 bits per heavy atom. The van der Waals surface area contributed by atoms with E-state index in [0.29, 0.717) is 0 Å². The molecule has 0 saturated heterocycles. The topological polar surface area (TPSA) is 108 Å². The van der Waals surface area contributed by atoms with Gasteiger partial charge in [0.15, 0.2) is 0 Å². The molecule has 20 heavy (non-hydrogen) atoms. The predicted molar refractivity (Wildman–Crippen MR) is 71.1 cm³/mol. The number of aryl methyl sites for hydroxylation is 1. The highest BCUT2D eigenvalue weighted by molar-refractivity contribution is 7.89. The lowest BCUT2D eigenvalue weighted by Gasteiger charge is -2.27. The van der Waals surface area contributed by atoms with Crippen molar-refractivity contribution in [1.82, 2.24) is 4.31 Å². The Kier molecular flexibility index (Phi) is 4.62. The number of rotatable bonds is 6. The molecule has 1 aromatic rings. The molecule has 2 N–H and O–H groups in total. The van der Waals surface area contributed by atoms with E-state index < -0.39 is 27.4 Å². The lowest BCUT2D eigenvalue weighted by atomic mass is 10.1. The van der Waals surface area contributed by atoms with Crippen molar-refractivity contribution < 1.29 is 27.8 Å². The van der Waals surface area contributed by atoms with Crippen molar-refractivity contribution in [2.75, 3.05) is 13.1 Å². The first kappa shape index (κ1) is 16.7. The van der Waals surface area contributed by atoms with Crippen LogP contribution in [0.25, 0.3) is 0 Å². The van der Waals surface area contributed by atoms with E-state index in [9.17, 15) is 18.3 Å².